The van der Waals surface area contributed by atoms with Gasteiger partial charge in [0.2, 0.25) is 0 Å². The summed E-state index contributed by atoms with van der Waals surface area (Å²) in [6, 6.07) is 6.54. The van der Waals surface area contributed by atoms with Gasteiger partial charge < -0.3 is 29.8 Å². The third-order valence-electron chi connectivity index (χ3n) is 6.42. The number of ether oxygens (including phenoxy) is 4. The molecular formula is C23H25NO8S2. The molecule has 0 radical (unpaired) electrons. The van der Waals surface area contributed by atoms with Crippen LogP contribution in [0.25, 0.3) is 20.2 Å². The lowest BCUT2D eigenvalue weighted by Gasteiger charge is -2.36. The second-order valence-corrected chi connectivity index (χ2v) is 11.6. The molecule has 9 nitrogen and oxygen atoms in total. The lowest BCUT2D eigenvalue weighted by molar-refractivity contribution is -0.229. The lowest BCUT2D eigenvalue weighted by Crippen LogP contribution is -2.52. The molecule has 182 valence electrons. The summed E-state index contributed by atoms with van der Waals surface area (Å²) in [5.41, 5.74) is 4.99. The molecule has 5 atom stereocenters. The average Bonchev–Trinajstić information content (AvgIpc) is 3.06. The number of hydrogen-bond donors (Lipinski definition) is 2. The first-order valence-corrected chi connectivity index (χ1v) is 13.3. The van der Waals surface area contributed by atoms with Crippen molar-refractivity contribution in [2.24, 2.45) is 5.73 Å². The van der Waals surface area contributed by atoms with E-state index in [1.54, 1.807) is 19.1 Å². The highest BCUT2D eigenvalue weighted by Gasteiger charge is 2.46. The molecule has 0 bridgehead atoms. The van der Waals surface area contributed by atoms with E-state index in [1.807, 2.05) is 12.1 Å². The summed E-state index contributed by atoms with van der Waals surface area (Å²) in [6.07, 6.45) is -2.32. The van der Waals surface area contributed by atoms with E-state index >= 15 is 0 Å². The Labute approximate surface area is 199 Å². The van der Waals surface area contributed by atoms with Crippen molar-refractivity contribution in [2.45, 2.75) is 49.1 Å². The zero-order chi connectivity index (χ0) is 24.4. The maximum absolute atomic E-state index is 13.4. The van der Waals surface area contributed by atoms with E-state index in [1.165, 1.54) is 25.6 Å². The average molecular weight is 508 g/mol. The van der Waals surface area contributed by atoms with Crippen LogP contribution >= 0.6 is 11.3 Å². The van der Waals surface area contributed by atoms with Crippen LogP contribution in [0.5, 0.6) is 11.5 Å². The molecule has 0 saturated carbocycles. The van der Waals surface area contributed by atoms with Gasteiger partial charge in [-0.15, -0.1) is 11.3 Å². The van der Waals surface area contributed by atoms with Gasteiger partial charge in [0.05, 0.1) is 42.3 Å². The van der Waals surface area contributed by atoms with Gasteiger partial charge in [0, 0.05) is 33.7 Å². The fourth-order valence-electron chi connectivity index (χ4n) is 4.78. The molecular weight excluding hydrogens is 482 g/mol. The van der Waals surface area contributed by atoms with Crippen LogP contribution in [0, 0.1) is 0 Å². The van der Waals surface area contributed by atoms with Gasteiger partial charge >= 0.3 is 0 Å². The number of sulfone groups is 1. The molecule has 5 rings (SSSR count). The van der Waals surface area contributed by atoms with Gasteiger partial charge in [-0.1, -0.05) is 12.1 Å². The summed E-state index contributed by atoms with van der Waals surface area (Å²) >= 11 is 1.32. The van der Waals surface area contributed by atoms with Crippen molar-refractivity contribution in [3.05, 3.63) is 45.6 Å². The maximum atomic E-state index is 13.4. The molecule has 2 aromatic carbocycles. The van der Waals surface area contributed by atoms with E-state index < -0.39 is 39.8 Å². The molecule has 3 heterocycles. The predicted octanol–water partition coefficient (Wildman–Crippen LogP) is 2.20. The van der Waals surface area contributed by atoms with E-state index in [0.29, 0.717) is 21.2 Å². The van der Waals surface area contributed by atoms with Crippen molar-refractivity contribution in [3.63, 3.8) is 0 Å². The van der Waals surface area contributed by atoms with Crippen molar-refractivity contribution in [1.82, 2.24) is 0 Å². The van der Waals surface area contributed by atoms with Crippen LogP contribution in [0.15, 0.2) is 29.1 Å². The third kappa shape index (κ3) is 3.50. The molecule has 1 saturated heterocycles. The number of methoxy groups -OCH3 is 2. The number of hydrogen-bond acceptors (Lipinski definition) is 10. The number of aliphatic hydroxyl groups excluding tert-OH is 1. The minimum atomic E-state index is -3.86. The Balaban J connectivity index is 1.74. The molecule has 3 N–H and O–H groups in total. The summed E-state index contributed by atoms with van der Waals surface area (Å²) in [7, 11) is -1.02. The molecule has 2 aliphatic heterocycles. The third-order valence-corrected chi connectivity index (χ3v) is 9.28. The number of benzene rings is 2. The van der Waals surface area contributed by atoms with Gasteiger partial charge in [-0.3, -0.25) is 4.79 Å². The first-order chi connectivity index (χ1) is 16.2. The molecule has 0 spiro atoms. The Morgan fingerprint density at radius 2 is 1.88 bits per heavy atom. The highest BCUT2D eigenvalue weighted by atomic mass is 32.2. The highest BCUT2D eigenvalue weighted by Crippen LogP contribution is 2.52. The van der Waals surface area contributed by atoms with Crippen LogP contribution < -0.4 is 20.6 Å². The molecule has 0 unspecified atom stereocenters. The molecule has 2 aliphatic rings. The molecule has 0 amide bonds. The molecule has 1 fully saturated rings. The number of aliphatic hydroxyl groups is 1. The number of nitrogens with two attached hydrogens (primary N) is 1. The van der Waals surface area contributed by atoms with Crippen molar-refractivity contribution >= 4 is 41.3 Å². The Morgan fingerprint density at radius 3 is 2.56 bits per heavy atom. The summed E-state index contributed by atoms with van der Waals surface area (Å²) in [4.78, 5) is 13.4. The van der Waals surface area contributed by atoms with E-state index in [-0.39, 0.29) is 34.5 Å². The molecule has 34 heavy (non-hydrogen) atoms. The second-order valence-electron chi connectivity index (χ2n) is 8.53. The molecule has 11 heteroatoms. The van der Waals surface area contributed by atoms with Crippen molar-refractivity contribution in [2.75, 3.05) is 14.2 Å². The Kier molecular flexibility index (Phi) is 5.82. The summed E-state index contributed by atoms with van der Waals surface area (Å²) in [5.74, 6) is 0.0894. The molecule has 1 aromatic heterocycles. The van der Waals surface area contributed by atoms with Crippen LogP contribution in [0.3, 0.4) is 0 Å². The summed E-state index contributed by atoms with van der Waals surface area (Å²) < 4.78 is 50.9. The number of fused-ring (bicyclic) bond motifs is 3. The second kappa shape index (κ2) is 8.43. The van der Waals surface area contributed by atoms with Crippen molar-refractivity contribution < 1.29 is 32.5 Å². The van der Waals surface area contributed by atoms with Crippen LogP contribution in [-0.4, -0.2) is 52.3 Å². The fraction of sp³-hybridized carbons (Fsp3) is 0.435. The fourth-order valence-corrected chi connectivity index (χ4v) is 7.73. The van der Waals surface area contributed by atoms with Crippen LogP contribution in [0.1, 0.15) is 29.9 Å². The zero-order valence-corrected chi connectivity index (χ0v) is 20.4. The van der Waals surface area contributed by atoms with Crippen molar-refractivity contribution in [1.29, 1.82) is 0 Å². The van der Waals surface area contributed by atoms with E-state index in [0.717, 1.165) is 4.70 Å². The standard InChI is InChI=1S/C23H25NO8S2/c1-10-18(25)13(24)8-15(31-10)32-23-16-12(9-34(23,27)28)20(29-2)17-19(26)11-6-4-5-7-14(11)33-22(17)21(16)30-3/h4-7,10,13,15,18,23,25H,8-9,24H2,1-3H3/t10-,13-,15-,18+,23-/m0/s1. The highest BCUT2D eigenvalue weighted by molar-refractivity contribution is 7.91. The van der Waals surface area contributed by atoms with Gasteiger partial charge in [-0.05, 0) is 19.1 Å². The van der Waals surface area contributed by atoms with E-state index in [4.69, 9.17) is 24.7 Å². The SMILES string of the molecule is COc1c2c(c(OC)c3c(=O)c4ccccc4sc13)CS(=O)(=O)[C@@H]2O[C@H]1C[C@H](N)[C@H](O)[C@H](C)O1. The normalized spacial score (nSPS) is 28.2. The van der Waals surface area contributed by atoms with Gasteiger partial charge in [0.15, 0.2) is 27.0 Å². The van der Waals surface area contributed by atoms with Crippen LogP contribution in [-0.2, 0) is 25.1 Å². The Bertz CT molecular complexity index is 1440. The zero-order valence-electron chi connectivity index (χ0n) is 18.8. The molecule has 3 aromatic rings. The largest absolute Gasteiger partial charge is 0.496 e. The smallest absolute Gasteiger partial charge is 0.199 e. The summed E-state index contributed by atoms with van der Waals surface area (Å²) in [5, 5.41) is 10.9. The van der Waals surface area contributed by atoms with Gasteiger partial charge in [0.25, 0.3) is 0 Å². The Morgan fingerprint density at radius 1 is 1.18 bits per heavy atom. The lowest BCUT2D eigenvalue weighted by atomic mass is 10.0. The van der Waals surface area contributed by atoms with Gasteiger partial charge in [-0.25, -0.2) is 8.42 Å². The minimum absolute atomic E-state index is 0.123. The van der Waals surface area contributed by atoms with E-state index in [9.17, 15) is 18.3 Å². The van der Waals surface area contributed by atoms with Crippen molar-refractivity contribution in [3.8, 4) is 11.5 Å². The first kappa shape index (κ1) is 23.5. The number of rotatable bonds is 4. The topological polar surface area (TPSA) is 134 Å². The maximum Gasteiger partial charge on any atom is 0.199 e. The predicted molar refractivity (Wildman–Crippen MR) is 128 cm³/mol. The minimum Gasteiger partial charge on any atom is -0.496 e. The Hall–Kier alpha value is -2.28. The van der Waals surface area contributed by atoms with Gasteiger partial charge in [-0.2, -0.15) is 0 Å². The quantitative estimate of drug-likeness (QED) is 0.510. The monoisotopic (exact) mass is 507 g/mol. The van der Waals surface area contributed by atoms with Crippen LogP contribution in [0.2, 0.25) is 0 Å². The summed E-state index contributed by atoms with van der Waals surface area (Å²) in [6.45, 7) is 1.65. The first-order valence-electron chi connectivity index (χ1n) is 10.8. The van der Waals surface area contributed by atoms with E-state index in [2.05, 4.69) is 0 Å². The van der Waals surface area contributed by atoms with Gasteiger partial charge in [0.1, 0.15) is 11.5 Å². The van der Waals surface area contributed by atoms with Crippen LogP contribution in [0.4, 0.5) is 0 Å². The molecule has 0 aliphatic carbocycles.